The van der Waals surface area contributed by atoms with Crippen molar-refractivity contribution >= 4 is 12.2 Å². The summed E-state index contributed by atoms with van der Waals surface area (Å²) < 4.78 is 0. The summed E-state index contributed by atoms with van der Waals surface area (Å²) in [6, 6.07) is 0. The molecule has 0 atom stereocenters. The molecule has 3 N–H and O–H groups in total. The number of nitrogens with one attached hydrogen (secondary N) is 1. The van der Waals surface area contributed by atoms with Gasteiger partial charge in [-0.15, -0.1) is 0 Å². The molecule has 0 aliphatic heterocycles. The Hall–Kier alpha value is -1.65. The number of hydrogen-bond donors (Lipinski definition) is 2. The van der Waals surface area contributed by atoms with E-state index in [1.165, 1.54) is 0 Å². The van der Waals surface area contributed by atoms with Crippen molar-refractivity contribution in [3.8, 4) is 0 Å². The molecule has 0 saturated carbocycles. The topological polar surface area (TPSA) is 80.9 Å². The van der Waals surface area contributed by atoms with Crippen LogP contribution in [0.2, 0.25) is 0 Å². The highest BCUT2D eigenvalue weighted by Crippen LogP contribution is 2.08. The summed E-state index contributed by atoms with van der Waals surface area (Å²) in [5.41, 5.74) is 7.85. The number of amides is 1. The average molecular weight is 180 g/mol. The Morgan fingerprint density at radius 2 is 2.00 bits per heavy atom. The first-order chi connectivity index (χ1) is 6.15. The van der Waals surface area contributed by atoms with Gasteiger partial charge >= 0.3 is 0 Å². The van der Waals surface area contributed by atoms with E-state index in [0.29, 0.717) is 24.5 Å². The molecule has 1 rings (SSSR count). The van der Waals surface area contributed by atoms with Crippen LogP contribution < -0.4 is 11.1 Å². The smallest absolute Gasteiger partial charge is 0.207 e. The fourth-order valence-electron chi connectivity index (χ4n) is 0.935. The molecule has 13 heavy (non-hydrogen) atoms. The third-order valence-electron chi connectivity index (χ3n) is 1.76. The lowest BCUT2D eigenvalue weighted by molar-refractivity contribution is -0.109. The lowest BCUT2D eigenvalue weighted by Crippen LogP contribution is -2.15. The fourth-order valence-corrected chi connectivity index (χ4v) is 0.935. The van der Waals surface area contributed by atoms with Crippen LogP contribution in [0, 0.1) is 13.8 Å². The Kier molecular flexibility index (Phi) is 2.79. The second kappa shape index (κ2) is 3.84. The number of rotatable bonds is 3. The van der Waals surface area contributed by atoms with Crippen LogP contribution in [0.5, 0.6) is 0 Å². The van der Waals surface area contributed by atoms with Crippen molar-refractivity contribution in [3.05, 3.63) is 17.1 Å². The first kappa shape index (κ1) is 9.44. The summed E-state index contributed by atoms with van der Waals surface area (Å²) in [7, 11) is 0. The number of anilines is 1. The molecule has 0 bridgehead atoms. The highest BCUT2D eigenvalue weighted by molar-refractivity contribution is 5.47. The molecule has 1 aromatic heterocycles. The van der Waals surface area contributed by atoms with E-state index in [-0.39, 0.29) is 0 Å². The summed E-state index contributed by atoms with van der Waals surface area (Å²) in [6.07, 6.45) is 0.607. The van der Waals surface area contributed by atoms with Gasteiger partial charge in [0.25, 0.3) is 0 Å². The van der Waals surface area contributed by atoms with Crippen LogP contribution >= 0.6 is 0 Å². The molecule has 0 aliphatic rings. The van der Waals surface area contributed by atoms with Crippen molar-refractivity contribution < 1.29 is 4.79 Å². The van der Waals surface area contributed by atoms with E-state index in [4.69, 9.17) is 5.73 Å². The Morgan fingerprint density at radius 3 is 2.62 bits per heavy atom. The molecule has 0 aliphatic carbocycles. The Bertz CT molecular complexity index is 324. The number of nitrogen functional groups attached to an aromatic ring is 1. The molecule has 0 aromatic carbocycles. The molecular formula is C8H12N4O. The van der Waals surface area contributed by atoms with Gasteiger partial charge in [0.1, 0.15) is 11.5 Å². The number of aromatic nitrogens is 2. The zero-order chi connectivity index (χ0) is 9.84. The van der Waals surface area contributed by atoms with Gasteiger partial charge in [0.15, 0.2) is 0 Å². The molecule has 0 radical (unpaired) electrons. The van der Waals surface area contributed by atoms with Crippen molar-refractivity contribution in [2.75, 3.05) is 5.73 Å². The normalized spacial score (nSPS) is 9.69. The molecule has 1 heterocycles. The number of aryl methyl sites for hydroxylation is 2. The Balaban J connectivity index is 2.94. The van der Waals surface area contributed by atoms with Crippen LogP contribution in [0.4, 0.5) is 5.82 Å². The SMILES string of the molecule is Cc1nc(N)c(CNC=O)nc1C. The average Bonchev–Trinajstić information content (AvgIpc) is 2.09. The lowest BCUT2D eigenvalue weighted by atomic mass is 10.3. The Labute approximate surface area is 76.4 Å². The van der Waals surface area contributed by atoms with E-state index in [1.807, 2.05) is 13.8 Å². The van der Waals surface area contributed by atoms with E-state index in [0.717, 1.165) is 11.4 Å². The summed E-state index contributed by atoms with van der Waals surface area (Å²) in [5, 5.41) is 2.49. The van der Waals surface area contributed by atoms with Crippen molar-refractivity contribution in [1.29, 1.82) is 0 Å². The predicted octanol–water partition coefficient (Wildman–Crippen LogP) is -0.0784. The van der Waals surface area contributed by atoms with E-state index < -0.39 is 0 Å². The minimum atomic E-state index is 0.323. The summed E-state index contributed by atoms with van der Waals surface area (Å²) in [5.74, 6) is 0.373. The van der Waals surface area contributed by atoms with Gasteiger partial charge in [0.05, 0.1) is 17.9 Å². The summed E-state index contributed by atoms with van der Waals surface area (Å²) in [6.45, 7) is 4.02. The van der Waals surface area contributed by atoms with Gasteiger partial charge in [-0.1, -0.05) is 0 Å². The van der Waals surface area contributed by atoms with Crippen LogP contribution in [0.25, 0.3) is 0 Å². The molecule has 0 spiro atoms. The van der Waals surface area contributed by atoms with Crippen molar-refractivity contribution in [2.24, 2.45) is 0 Å². The third-order valence-corrected chi connectivity index (χ3v) is 1.76. The zero-order valence-electron chi connectivity index (χ0n) is 7.66. The maximum atomic E-state index is 10.0. The van der Waals surface area contributed by atoms with Gasteiger partial charge in [-0.2, -0.15) is 0 Å². The van der Waals surface area contributed by atoms with E-state index in [9.17, 15) is 4.79 Å². The van der Waals surface area contributed by atoms with Gasteiger partial charge in [-0.25, -0.2) is 4.98 Å². The number of carbonyl (C=O) groups is 1. The van der Waals surface area contributed by atoms with Crippen LogP contribution in [0.3, 0.4) is 0 Å². The van der Waals surface area contributed by atoms with Crippen LogP contribution in [0.15, 0.2) is 0 Å². The molecule has 0 fully saturated rings. The van der Waals surface area contributed by atoms with Crippen LogP contribution in [-0.4, -0.2) is 16.4 Å². The summed E-state index contributed by atoms with van der Waals surface area (Å²) in [4.78, 5) is 18.3. The predicted molar refractivity (Wildman–Crippen MR) is 48.8 cm³/mol. The van der Waals surface area contributed by atoms with Crippen LogP contribution in [-0.2, 0) is 11.3 Å². The summed E-state index contributed by atoms with van der Waals surface area (Å²) >= 11 is 0. The van der Waals surface area contributed by atoms with Gasteiger partial charge in [-0.3, -0.25) is 9.78 Å². The monoisotopic (exact) mass is 180 g/mol. The molecule has 70 valence electrons. The minimum Gasteiger partial charge on any atom is -0.382 e. The molecular weight excluding hydrogens is 168 g/mol. The number of nitrogens with zero attached hydrogens (tertiary/aromatic N) is 2. The molecule has 1 aromatic rings. The van der Waals surface area contributed by atoms with Crippen molar-refractivity contribution in [1.82, 2.24) is 15.3 Å². The standard InChI is InChI=1S/C8H12N4O/c1-5-6(2)12-8(9)7(11-5)3-10-4-13/h4H,3H2,1-2H3,(H2,9,12)(H,10,13). The van der Waals surface area contributed by atoms with Crippen LogP contribution in [0.1, 0.15) is 17.1 Å². The van der Waals surface area contributed by atoms with E-state index in [1.54, 1.807) is 0 Å². The molecule has 5 nitrogen and oxygen atoms in total. The molecule has 0 saturated heterocycles. The maximum Gasteiger partial charge on any atom is 0.207 e. The van der Waals surface area contributed by atoms with Gasteiger partial charge in [0.2, 0.25) is 6.41 Å². The quantitative estimate of drug-likeness (QED) is 0.637. The van der Waals surface area contributed by atoms with Crippen molar-refractivity contribution in [2.45, 2.75) is 20.4 Å². The second-order valence-electron chi connectivity index (χ2n) is 2.73. The molecule has 5 heteroatoms. The molecule has 1 amide bonds. The number of carbonyl (C=O) groups excluding carboxylic acids is 1. The number of hydrogen-bond acceptors (Lipinski definition) is 4. The first-order valence-corrected chi connectivity index (χ1v) is 3.91. The van der Waals surface area contributed by atoms with Crippen molar-refractivity contribution in [3.63, 3.8) is 0 Å². The second-order valence-corrected chi connectivity index (χ2v) is 2.73. The van der Waals surface area contributed by atoms with Gasteiger partial charge in [0, 0.05) is 0 Å². The lowest BCUT2D eigenvalue weighted by Gasteiger charge is -2.06. The zero-order valence-corrected chi connectivity index (χ0v) is 7.66. The fraction of sp³-hybridized carbons (Fsp3) is 0.375. The highest BCUT2D eigenvalue weighted by Gasteiger charge is 2.04. The van der Waals surface area contributed by atoms with E-state index in [2.05, 4.69) is 15.3 Å². The third kappa shape index (κ3) is 2.14. The van der Waals surface area contributed by atoms with E-state index >= 15 is 0 Å². The first-order valence-electron chi connectivity index (χ1n) is 3.91. The number of nitrogens with two attached hydrogens (primary N) is 1. The Morgan fingerprint density at radius 1 is 1.38 bits per heavy atom. The maximum absolute atomic E-state index is 10.0. The molecule has 0 unspecified atom stereocenters. The largest absolute Gasteiger partial charge is 0.382 e. The highest BCUT2D eigenvalue weighted by atomic mass is 16.1. The minimum absolute atomic E-state index is 0.323. The van der Waals surface area contributed by atoms with Gasteiger partial charge in [-0.05, 0) is 13.8 Å². The van der Waals surface area contributed by atoms with Gasteiger partial charge < -0.3 is 11.1 Å².